The second-order valence-electron chi connectivity index (χ2n) is 6.52. The molecule has 0 N–H and O–H groups in total. The van der Waals surface area contributed by atoms with E-state index >= 15 is 0 Å². The van der Waals surface area contributed by atoms with Crippen LogP contribution in [0, 0.1) is 5.92 Å². The zero-order valence-electron chi connectivity index (χ0n) is 14.3. The number of hydrogen-bond donors (Lipinski definition) is 0. The van der Waals surface area contributed by atoms with Gasteiger partial charge in [-0.2, -0.15) is 5.10 Å². The van der Waals surface area contributed by atoms with Crippen molar-refractivity contribution in [1.82, 2.24) is 4.90 Å². The Morgan fingerprint density at radius 3 is 2.77 bits per heavy atom. The number of benzene rings is 1. The van der Waals surface area contributed by atoms with E-state index in [4.69, 9.17) is 11.6 Å². The number of carbonyl (C=O) groups excluding carboxylic acids is 1. The number of carbonyl (C=O) groups is 1. The van der Waals surface area contributed by atoms with Crippen LogP contribution in [0.4, 0.5) is 8.78 Å². The summed E-state index contributed by atoms with van der Waals surface area (Å²) in [5.41, 5.74) is 3.27. The zero-order chi connectivity index (χ0) is 18.9. The smallest absolute Gasteiger partial charge is 0.252 e. The Bertz CT molecular complexity index is 845. The van der Waals surface area contributed by atoms with Gasteiger partial charge >= 0.3 is 0 Å². The largest absolute Gasteiger partial charge is 0.331 e. The number of halogens is 3. The van der Waals surface area contributed by atoms with E-state index in [-0.39, 0.29) is 12.8 Å². The molecular formula is C19H18ClF2N3O. The van der Waals surface area contributed by atoms with Crippen LogP contribution in [0.1, 0.15) is 35.7 Å². The monoisotopic (exact) mass is 377 g/mol. The van der Waals surface area contributed by atoms with Crippen LogP contribution in [0.3, 0.4) is 0 Å². The summed E-state index contributed by atoms with van der Waals surface area (Å²) in [5.74, 6) is -2.82. The molecule has 1 aromatic carbocycles. The molecule has 0 radical (unpaired) electrons. The summed E-state index contributed by atoms with van der Waals surface area (Å²) >= 11 is 6.29. The van der Waals surface area contributed by atoms with E-state index in [1.54, 1.807) is 29.3 Å². The van der Waals surface area contributed by atoms with Gasteiger partial charge in [0.2, 0.25) is 0 Å². The molecule has 0 saturated heterocycles. The number of amidine groups is 1. The van der Waals surface area contributed by atoms with Gasteiger partial charge in [0.05, 0.1) is 0 Å². The quantitative estimate of drug-likeness (QED) is 0.320. The number of nitrogens with zero attached hydrogens (tertiary/aromatic N) is 3. The lowest BCUT2D eigenvalue weighted by Gasteiger charge is -2.27. The minimum atomic E-state index is -2.61. The van der Waals surface area contributed by atoms with Gasteiger partial charge in [-0.15, -0.1) is 5.10 Å². The Morgan fingerprint density at radius 2 is 2.23 bits per heavy atom. The van der Waals surface area contributed by atoms with Crippen molar-refractivity contribution in [2.45, 2.75) is 25.7 Å². The first-order valence-corrected chi connectivity index (χ1v) is 8.53. The molecule has 4 nitrogen and oxygen atoms in total. The molecule has 1 fully saturated rings. The molecule has 0 amide bonds. The third-order valence-corrected chi connectivity index (χ3v) is 4.92. The second kappa shape index (κ2) is 7.11. The standard InChI is InChI=1S/C19H18ClF2N3O/c1-12-10-25(18(24-23-2)8-14-9-19(14,21)22)6-5-15(12)16-4-3-13(11-26)7-17(16)20/h3-7,11,14H,2,8-10H2,1H3/b24-18-. The lowest BCUT2D eigenvalue weighted by atomic mass is 9.97. The molecule has 1 atom stereocenters. The van der Waals surface area contributed by atoms with Crippen molar-refractivity contribution in [1.29, 1.82) is 0 Å². The van der Waals surface area contributed by atoms with Crippen molar-refractivity contribution >= 4 is 36.0 Å². The minimum absolute atomic E-state index is 0.112. The molecule has 1 unspecified atom stereocenters. The fraction of sp³-hybridized carbons (Fsp3) is 0.316. The highest BCUT2D eigenvalue weighted by atomic mass is 35.5. The van der Waals surface area contributed by atoms with Crippen LogP contribution in [-0.4, -0.2) is 36.2 Å². The van der Waals surface area contributed by atoms with Crippen molar-refractivity contribution in [2.24, 2.45) is 16.1 Å². The van der Waals surface area contributed by atoms with Crippen molar-refractivity contribution in [3.05, 3.63) is 52.2 Å². The molecule has 0 bridgehead atoms. The Hall–Kier alpha value is -2.34. The van der Waals surface area contributed by atoms with Crippen LogP contribution in [0.15, 0.2) is 46.3 Å². The minimum Gasteiger partial charge on any atom is -0.331 e. The van der Waals surface area contributed by atoms with E-state index in [9.17, 15) is 13.6 Å². The van der Waals surface area contributed by atoms with Crippen molar-refractivity contribution in [3.63, 3.8) is 0 Å². The summed E-state index contributed by atoms with van der Waals surface area (Å²) in [6, 6.07) is 5.13. The summed E-state index contributed by atoms with van der Waals surface area (Å²) in [6.45, 7) is 5.77. The van der Waals surface area contributed by atoms with Crippen LogP contribution in [0.2, 0.25) is 5.02 Å². The lowest BCUT2D eigenvalue weighted by molar-refractivity contribution is 0.0997. The third kappa shape index (κ3) is 3.75. The molecule has 1 heterocycles. The highest BCUT2D eigenvalue weighted by Gasteiger charge is 2.57. The van der Waals surface area contributed by atoms with Gasteiger partial charge in [0.15, 0.2) is 0 Å². The first kappa shape index (κ1) is 18.5. The Morgan fingerprint density at radius 1 is 1.50 bits per heavy atom. The first-order chi connectivity index (χ1) is 12.4. The summed E-state index contributed by atoms with van der Waals surface area (Å²) in [6.07, 6.45) is 4.45. The van der Waals surface area contributed by atoms with Crippen molar-refractivity contribution < 1.29 is 13.6 Å². The Balaban J connectivity index is 1.80. The molecule has 3 rings (SSSR count). The van der Waals surface area contributed by atoms with Gasteiger partial charge in [-0.05, 0) is 30.2 Å². The third-order valence-electron chi connectivity index (χ3n) is 4.61. The predicted octanol–water partition coefficient (Wildman–Crippen LogP) is 4.81. The van der Waals surface area contributed by atoms with Gasteiger partial charge in [0, 0.05) is 54.4 Å². The van der Waals surface area contributed by atoms with E-state index in [0.29, 0.717) is 23.0 Å². The van der Waals surface area contributed by atoms with Crippen LogP contribution in [0.5, 0.6) is 0 Å². The maximum atomic E-state index is 13.2. The molecule has 1 aromatic rings. The van der Waals surface area contributed by atoms with Gasteiger partial charge < -0.3 is 4.90 Å². The average Bonchev–Trinajstić information content (AvgIpc) is 3.21. The number of allylic oxidation sites excluding steroid dienone is 2. The Kier molecular flexibility index (Phi) is 5.05. The van der Waals surface area contributed by atoms with Gasteiger partial charge in [0.1, 0.15) is 12.1 Å². The van der Waals surface area contributed by atoms with Crippen molar-refractivity contribution in [3.8, 4) is 0 Å². The van der Waals surface area contributed by atoms with E-state index in [1.807, 2.05) is 13.0 Å². The van der Waals surface area contributed by atoms with Gasteiger partial charge in [-0.25, -0.2) is 8.78 Å². The number of hydrogen-bond acceptors (Lipinski definition) is 3. The molecule has 0 aromatic heterocycles. The molecule has 1 saturated carbocycles. The van der Waals surface area contributed by atoms with E-state index < -0.39 is 11.8 Å². The molecule has 26 heavy (non-hydrogen) atoms. The summed E-state index contributed by atoms with van der Waals surface area (Å²) < 4.78 is 26.5. The maximum Gasteiger partial charge on any atom is 0.252 e. The summed E-state index contributed by atoms with van der Waals surface area (Å²) in [4.78, 5) is 12.7. The fourth-order valence-electron chi connectivity index (χ4n) is 3.03. The zero-order valence-corrected chi connectivity index (χ0v) is 15.0. The van der Waals surface area contributed by atoms with Crippen LogP contribution >= 0.6 is 11.6 Å². The van der Waals surface area contributed by atoms with Crippen molar-refractivity contribution in [2.75, 3.05) is 6.54 Å². The number of aldehydes is 1. The molecule has 7 heteroatoms. The molecule has 1 aliphatic carbocycles. The molecule has 2 aliphatic rings. The highest BCUT2D eigenvalue weighted by molar-refractivity contribution is 6.32. The highest BCUT2D eigenvalue weighted by Crippen LogP contribution is 2.51. The number of rotatable bonds is 5. The number of alkyl halides is 2. The molecular weight excluding hydrogens is 360 g/mol. The van der Waals surface area contributed by atoms with Gasteiger partial charge in [-0.1, -0.05) is 23.7 Å². The molecule has 0 spiro atoms. The summed E-state index contributed by atoms with van der Waals surface area (Å²) in [5, 5.41) is 7.96. The Labute approximate surface area is 155 Å². The first-order valence-electron chi connectivity index (χ1n) is 8.16. The molecule has 136 valence electrons. The van der Waals surface area contributed by atoms with Gasteiger partial charge in [-0.3, -0.25) is 4.79 Å². The van der Waals surface area contributed by atoms with E-state index in [2.05, 4.69) is 16.9 Å². The SMILES string of the molecule is C=N/N=C(/CC1CC1(F)F)N1C=CC(c2ccc(C=O)cc2Cl)=C(C)C1. The van der Waals surface area contributed by atoms with E-state index in [0.717, 1.165) is 23.0 Å². The fourth-order valence-corrected chi connectivity index (χ4v) is 3.32. The molecule has 1 aliphatic heterocycles. The normalized spacial score (nSPS) is 21.8. The van der Waals surface area contributed by atoms with Crippen LogP contribution < -0.4 is 0 Å². The van der Waals surface area contributed by atoms with Crippen LogP contribution in [0.25, 0.3) is 5.57 Å². The lowest BCUT2D eigenvalue weighted by Crippen LogP contribution is -2.30. The van der Waals surface area contributed by atoms with Crippen LogP contribution in [-0.2, 0) is 0 Å². The maximum absolute atomic E-state index is 13.2. The van der Waals surface area contributed by atoms with Gasteiger partial charge in [0.25, 0.3) is 5.92 Å². The summed E-state index contributed by atoms with van der Waals surface area (Å²) in [7, 11) is 0. The predicted molar refractivity (Wildman–Crippen MR) is 99.9 cm³/mol. The average molecular weight is 378 g/mol. The second-order valence-corrected chi connectivity index (χ2v) is 6.93. The topological polar surface area (TPSA) is 45.0 Å². The van der Waals surface area contributed by atoms with E-state index in [1.165, 1.54) is 0 Å².